The van der Waals surface area contributed by atoms with Gasteiger partial charge in [0.2, 0.25) is 10.0 Å². The summed E-state index contributed by atoms with van der Waals surface area (Å²) in [6.45, 7) is 0.921. The number of aliphatic carboxylic acids is 1. The second-order valence-corrected chi connectivity index (χ2v) is 4.78. The molecule has 0 aliphatic heterocycles. The first-order chi connectivity index (χ1) is 6.42. The molecule has 0 rings (SSSR count). The van der Waals surface area contributed by atoms with Crippen molar-refractivity contribution in [3.05, 3.63) is 0 Å². The van der Waals surface area contributed by atoms with Crippen LogP contribution in [0.15, 0.2) is 0 Å². The van der Waals surface area contributed by atoms with Crippen LogP contribution >= 0.6 is 0 Å². The third-order valence-electron chi connectivity index (χ3n) is 1.42. The van der Waals surface area contributed by atoms with Gasteiger partial charge < -0.3 is 10.4 Å². The molecular weight excluding hydrogens is 208 g/mol. The fraction of sp³-hybridized carbons (Fsp3) is 0.857. The fourth-order valence-corrected chi connectivity index (χ4v) is 1.34. The van der Waals surface area contributed by atoms with Gasteiger partial charge in [-0.15, -0.1) is 0 Å². The zero-order valence-electron chi connectivity index (χ0n) is 8.12. The van der Waals surface area contributed by atoms with E-state index in [-0.39, 0.29) is 6.54 Å². The molecule has 3 N–H and O–H groups in total. The first kappa shape index (κ1) is 13.3. The molecule has 0 saturated heterocycles. The van der Waals surface area contributed by atoms with Gasteiger partial charge in [-0.05, 0) is 19.4 Å². The Morgan fingerprint density at radius 3 is 2.36 bits per heavy atom. The minimum Gasteiger partial charge on any atom is -0.480 e. The molecule has 0 aromatic heterocycles. The highest BCUT2D eigenvalue weighted by Gasteiger charge is 1.98. The van der Waals surface area contributed by atoms with Crippen LogP contribution in [0, 0.1) is 0 Å². The molecule has 0 fully saturated rings. The topological polar surface area (TPSA) is 95.5 Å². The predicted octanol–water partition coefficient (Wildman–Crippen LogP) is -1.01. The lowest BCUT2D eigenvalue weighted by Gasteiger charge is -2.02. The van der Waals surface area contributed by atoms with E-state index in [0.29, 0.717) is 19.5 Å². The van der Waals surface area contributed by atoms with E-state index in [0.717, 1.165) is 12.7 Å². The molecule has 84 valence electrons. The van der Waals surface area contributed by atoms with Crippen molar-refractivity contribution in [1.82, 2.24) is 10.0 Å². The number of unbranched alkanes of at least 4 members (excludes halogenated alkanes) is 1. The highest BCUT2D eigenvalue weighted by molar-refractivity contribution is 7.88. The summed E-state index contributed by atoms with van der Waals surface area (Å²) in [5, 5.41) is 11.0. The van der Waals surface area contributed by atoms with Gasteiger partial charge in [0.05, 0.1) is 12.8 Å². The molecule has 0 radical (unpaired) electrons. The van der Waals surface area contributed by atoms with Crippen LogP contribution in [0.5, 0.6) is 0 Å². The van der Waals surface area contributed by atoms with Gasteiger partial charge in [-0.1, -0.05) is 0 Å². The van der Waals surface area contributed by atoms with Crippen molar-refractivity contribution in [2.24, 2.45) is 0 Å². The Kier molecular flexibility index (Phi) is 6.43. The molecule has 0 atom stereocenters. The van der Waals surface area contributed by atoms with E-state index in [2.05, 4.69) is 10.0 Å². The molecule has 0 saturated carbocycles. The van der Waals surface area contributed by atoms with Crippen LogP contribution in [-0.4, -0.2) is 45.4 Å². The molecule has 0 aliphatic carbocycles. The number of carboxylic acid groups (broad SMARTS) is 1. The predicted molar refractivity (Wildman–Crippen MR) is 52.6 cm³/mol. The zero-order chi connectivity index (χ0) is 11.0. The van der Waals surface area contributed by atoms with Crippen molar-refractivity contribution < 1.29 is 18.3 Å². The maximum absolute atomic E-state index is 10.6. The van der Waals surface area contributed by atoms with Gasteiger partial charge in [0.15, 0.2) is 0 Å². The van der Waals surface area contributed by atoms with Crippen molar-refractivity contribution in [1.29, 1.82) is 0 Å². The Morgan fingerprint density at radius 1 is 1.29 bits per heavy atom. The molecule has 0 aromatic carbocycles. The second kappa shape index (κ2) is 6.74. The smallest absolute Gasteiger partial charge is 0.317 e. The summed E-state index contributed by atoms with van der Waals surface area (Å²) in [5.41, 5.74) is 0. The van der Waals surface area contributed by atoms with Crippen molar-refractivity contribution >= 4 is 16.0 Å². The van der Waals surface area contributed by atoms with E-state index >= 15 is 0 Å². The largest absolute Gasteiger partial charge is 0.480 e. The number of rotatable bonds is 8. The molecular formula is C7H16N2O4S. The van der Waals surface area contributed by atoms with E-state index in [1.807, 2.05) is 0 Å². The first-order valence-corrected chi connectivity index (χ1v) is 6.18. The van der Waals surface area contributed by atoms with Crippen molar-refractivity contribution in [2.75, 3.05) is 25.9 Å². The summed E-state index contributed by atoms with van der Waals surface area (Å²) < 4.78 is 23.6. The zero-order valence-corrected chi connectivity index (χ0v) is 8.93. The molecule has 0 bridgehead atoms. The molecule has 0 heterocycles. The number of sulfonamides is 1. The lowest BCUT2D eigenvalue weighted by atomic mass is 10.3. The van der Waals surface area contributed by atoms with Crippen molar-refractivity contribution in [2.45, 2.75) is 12.8 Å². The number of hydrogen-bond donors (Lipinski definition) is 3. The molecule has 0 spiro atoms. The standard InChI is InChI=1S/C7H16N2O4S/c1-14(12,13)9-5-3-2-4-8-6-7(10)11/h8-9H,2-6H2,1H3,(H,10,11). The third kappa shape index (κ3) is 11.3. The van der Waals surface area contributed by atoms with Gasteiger partial charge >= 0.3 is 5.97 Å². The maximum Gasteiger partial charge on any atom is 0.317 e. The van der Waals surface area contributed by atoms with Gasteiger partial charge in [0.1, 0.15) is 0 Å². The first-order valence-electron chi connectivity index (χ1n) is 4.29. The van der Waals surface area contributed by atoms with Crippen molar-refractivity contribution in [3.8, 4) is 0 Å². The summed E-state index contributed by atoms with van der Waals surface area (Å²) in [4.78, 5) is 10.1. The van der Waals surface area contributed by atoms with Gasteiger partial charge in [-0.25, -0.2) is 13.1 Å². The summed E-state index contributed by atoms with van der Waals surface area (Å²) in [6, 6.07) is 0. The fourth-order valence-electron chi connectivity index (χ4n) is 0.828. The summed E-state index contributed by atoms with van der Waals surface area (Å²) in [5.74, 6) is -0.890. The maximum atomic E-state index is 10.6. The highest BCUT2D eigenvalue weighted by atomic mass is 32.2. The molecule has 6 nitrogen and oxygen atoms in total. The van der Waals surface area contributed by atoms with Crippen LogP contribution in [0.1, 0.15) is 12.8 Å². The SMILES string of the molecule is CS(=O)(=O)NCCCCNCC(=O)O. The number of carbonyl (C=O) groups is 1. The van der Waals surface area contributed by atoms with Crippen LogP contribution in [0.25, 0.3) is 0 Å². The average molecular weight is 224 g/mol. The van der Waals surface area contributed by atoms with Crippen molar-refractivity contribution in [3.63, 3.8) is 0 Å². The Bertz CT molecular complexity index is 263. The van der Waals surface area contributed by atoms with E-state index in [1.54, 1.807) is 0 Å². The average Bonchev–Trinajstić information content (AvgIpc) is 2.00. The van der Waals surface area contributed by atoms with E-state index in [1.165, 1.54) is 0 Å². The third-order valence-corrected chi connectivity index (χ3v) is 2.15. The lowest BCUT2D eigenvalue weighted by Crippen LogP contribution is -2.26. The number of hydrogen-bond acceptors (Lipinski definition) is 4. The lowest BCUT2D eigenvalue weighted by molar-refractivity contribution is -0.135. The second-order valence-electron chi connectivity index (χ2n) is 2.94. The monoisotopic (exact) mass is 224 g/mol. The number of nitrogens with one attached hydrogen (secondary N) is 2. The van der Waals surface area contributed by atoms with Crippen LogP contribution in [0.3, 0.4) is 0 Å². The van der Waals surface area contributed by atoms with Gasteiger partial charge in [0, 0.05) is 6.54 Å². The Labute approximate surface area is 83.7 Å². The van der Waals surface area contributed by atoms with Gasteiger partial charge in [-0.3, -0.25) is 4.79 Å². The molecule has 0 unspecified atom stereocenters. The van der Waals surface area contributed by atoms with Gasteiger partial charge in [-0.2, -0.15) is 0 Å². The quantitative estimate of drug-likeness (QED) is 0.459. The van der Waals surface area contributed by atoms with E-state index < -0.39 is 16.0 Å². The van der Waals surface area contributed by atoms with Crippen LogP contribution < -0.4 is 10.0 Å². The van der Waals surface area contributed by atoms with Gasteiger partial charge in [0.25, 0.3) is 0 Å². The van der Waals surface area contributed by atoms with Crippen LogP contribution in [-0.2, 0) is 14.8 Å². The normalized spacial score (nSPS) is 11.5. The summed E-state index contributed by atoms with van der Waals surface area (Å²) >= 11 is 0. The molecule has 0 aromatic rings. The molecule has 14 heavy (non-hydrogen) atoms. The Hall–Kier alpha value is -0.660. The Balaban J connectivity index is 3.19. The summed E-state index contributed by atoms with van der Waals surface area (Å²) in [6.07, 6.45) is 2.55. The molecule has 0 aliphatic rings. The number of carboxylic acids is 1. The molecule has 0 amide bonds. The van der Waals surface area contributed by atoms with E-state index in [9.17, 15) is 13.2 Å². The Morgan fingerprint density at radius 2 is 1.86 bits per heavy atom. The minimum atomic E-state index is -3.09. The van der Waals surface area contributed by atoms with E-state index in [4.69, 9.17) is 5.11 Å². The summed E-state index contributed by atoms with van der Waals surface area (Å²) in [7, 11) is -3.09. The molecule has 7 heteroatoms. The highest BCUT2D eigenvalue weighted by Crippen LogP contribution is 1.85. The van der Waals surface area contributed by atoms with Crippen LogP contribution in [0.4, 0.5) is 0 Å². The van der Waals surface area contributed by atoms with Crippen LogP contribution in [0.2, 0.25) is 0 Å². The minimum absolute atomic E-state index is 0.0560.